The number of nitrogens with zero attached hydrogens (tertiary/aromatic N) is 1. The molecule has 0 unspecified atom stereocenters. The number of esters is 1. The van der Waals surface area contributed by atoms with Gasteiger partial charge in [-0.15, -0.1) is 0 Å². The predicted molar refractivity (Wildman–Crippen MR) is 127 cm³/mol. The maximum atomic E-state index is 12.6. The Morgan fingerprint density at radius 1 is 1.05 bits per heavy atom. The van der Waals surface area contributed by atoms with Crippen LogP contribution in [-0.4, -0.2) is 39.4 Å². The van der Waals surface area contributed by atoms with E-state index < -0.39 is 42.3 Å². The van der Waals surface area contributed by atoms with Crippen LogP contribution >= 0.6 is 0 Å². The van der Waals surface area contributed by atoms with Crippen molar-refractivity contribution >= 4 is 11.9 Å². The third kappa shape index (κ3) is 6.73. The molecule has 2 heterocycles. The largest absolute Gasteiger partial charge is 0.519 e. The summed E-state index contributed by atoms with van der Waals surface area (Å²) in [6.45, 7) is 1.07. The van der Waals surface area contributed by atoms with Crippen molar-refractivity contribution in [2.75, 3.05) is 0 Å². The van der Waals surface area contributed by atoms with Crippen molar-refractivity contribution in [3.8, 4) is 17.0 Å². The summed E-state index contributed by atoms with van der Waals surface area (Å²) in [5.41, 5.74) is 2.89. The van der Waals surface area contributed by atoms with E-state index in [2.05, 4.69) is 10.5 Å². The molecule has 0 bridgehead atoms. The molecule has 11 nitrogen and oxygen atoms in total. The lowest BCUT2D eigenvalue weighted by Gasteiger charge is -2.21. The molecule has 2 aromatic carbocycles. The molecule has 0 spiro atoms. The molecule has 37 heavy (non-hydrogen) atoms. The average molecular weight is 508 g/mol. The van der Waals surface area contributed by atoms with Gasteiger partial charge < -0.3 is 33.6 Å². The molecule has 11 heteroatoms. The van der Waals surface area contributed by atoms with Crippen LogP contribution in [0.5, 0.6) is 5.88 Å². The number of nitrogens with one attached hydrogen (secondary N) is 1. The molecule has 0 saturated heterocycles. The van der Waals surface area contributed by atoms with E-state index >= 15 is 0 Å². The minimum atomic E-state index is -1.60. The standard InChI is InChI=1S/C26H24N2O9/c1-15-22(36-26(33)35-15)14-34-25(32)20(29)12-19(27-24(31)21-13-23(30)28-37-21)11-16-7-9-18(10-8-16)17-5-3-2-4-6-17/h2-10,13,19-20,29H,11-12,14H2,1H3,(H,27,31)(H,28,30)/t19-,20-/m1/s1. The van der Waals surface area contributed by atoms with Crippen LogP contribution in [0.3, 0.4) is 0 Å². The highest BCUT2D eigenvalue weighted by atomic mass is 16.6. The van der Waals surface area contributed by atoms with Crippen molar-refractivity contribution < 1.29 is 37.9 Å². The highest BCUT2D eigenvalue weighted by Gasteiger charge is 2.26. The summed E-state index contributed by atoms with van der Waals surface area (Å²) in [5, 5.41) is 25.8. The van der Waals surface area contributed by atoms with Gasteiger partial charge in [-0.2, -0.15) is 0 Å². The van der Waals surface area contributed by atoms with Crippen LogP contribution in [0, 0.1) is 6.92 Å². The number of ether oxygens (including phenoxy) is 1. The first-order chi connectivity index (χ1) is 17.8. The van der Waals surface area contributed by atoms with Crippen molar-refractivity contribution in [3.63, 3.8) is 0 Å². The lowest BCUT2D eigenvalue weighted by atomic mass is 9.97. The topological polar surface area (TPSA) is 165 Å². The molecular weight excluding hydrogens is 484 g/mol. The normalized spacial score (nSPS) is 12.6. The van der Waals surface area contributed by atoms with Gasteiger partial charge in [0, 0.05) is 12.5 Å². The van der Waals surface area contributed by atoms with Gasteiger partial charge in [0.25, 0.3) is 11.8 Å². The molecule has 2 aromatic heterocycles. The molecule has 0 radical (unpaired) electrons. The van der Waals surface area contributed by atoms with E-state index in [9.17, 15) is 24.6 Å². The number of aryl methyl sites for hydroxylation is 1. The zero-order valence-corrected chi connectivity index (χ0v) is 19.7. The molecule has 0 aliphatic heterocycles. The number of carbonyl (C=O) groups is 2. The average Bonchev–Trinajstić information content (AvgIpc) is 3.47. The lowest BCUT2D eigenvalue weighted by Crippen LogP contribution is -2.40. The minimum absolute atomic E-state index is 0.0269. The van der Waals surface area contributed by atoms with E-state index in [0.29, 0.717) is 0 Å². The number of hydrogen-bond donors (Lipinski definition) is 3. The summed E-state index contributed by atoms with van der Waals surface area (Å²) in [6, 6.07) is 17.8. The van der Waals surface area contributed by atoms with Crippen LogP contribution < -0.4 is 11.1 Å². The molecule has 0 saturated carbocycles. The molecule has 0 aliphatic carbocycles. The van der Waals surface area contributed by atoms with E-state index in [1.54, 1.807) is 0 Å². The van der Waals surface area contributed by atoms with Crippen molar-refractivity contribution in [2.24, 2.45) is 0 Å². The van der Waals surface area contributed by atoms with Crippen LogP contribution in [0.1, 0.15) is 34.1 Å². The van der Waals surface area contributed by atoms with Crippen LogP contribution in [-0.2, 0) is 22.6 Å². The smallest absolute Gasteiger partial charge is 0.491 e. The van der Waals surface area contributed by atoms with Crippen molar-refractivity contribution in [2.45, 2.75) is 38.5 Å². The third-order valence-corrected chi connectivity index (χ3v) is 5.56. The number of aromatic hydroxyl groups is 1. The Morgan fingerprint density at radius 2 is 1.76 bits per heavy atom. The number of hydrogen-bond acceptors (Lipinski definition) is 10. The van der Waals surface area contributed by atoms with Crippen LogP contribution in [0.15, 0.2) is 78.8 Å². The van der Waals surface area contributed by atoms with E-state index in [1.165, 1.54) is 6.92 Å². The van der Waals surface area contributed by atoms with Crippen LogP contribution in [0.4, 0.5) is 0 Å². The van der Waals surface area contributed by atoms with E-state index in [0.717, 1.165) is 22.8 Å². The first-order valence-corrected chi connectivity index (χ1v) is 11.3. The molecule has 4 aromatic rings. The Balaban J connectivity index is 1.44. The van der Waals surface area contributed by atoms with E-state index in [-0.39, 0.29) is 30.1 Å². The molecule has 0 aliphatic rings. The summed E-state index contributed by atoms with van der Waals surface area (Å²) in [6.07, 6.45) is -1.53. The Morgan fingerprint density at radius 3 is 2.38 bits per heavy atom. The maximum Gasteiger partial charge on any atom is 0.519 e. The summed E-state index contributed by atoms with van der Waals surface area (Å²) < 4.78 is 19.3. The quantitative estimate of drug-likeness (QED) is 0.271. The van der Waals surface area contributed by atoms with Gasteiger partial charge in [0.05, 0.1) is 6.07 Å². The molecule has 4 rings (SSSR count). The number of carbonyl (C=O) groups excluding carboxylic acids is 2. The molecule has 0 fully saturated rings. The fourth-order valence-corrected chi connectivity index (χ4v) is 3.68. The van der Waals surface area contributed by atoms with Gasteiger partial charge in [-0.3, -0.25) is 4.79 Å². The minimum Gasteiger partial charge on any atom is -0.491 e. The molecule has 2 atom stereocenters. The number of rotatable bonds is 10. The fraction of sp³-hybridized carbons (Fsp3) is 0.231. The Hall–Kier alpha value is -4.64. The van der Waals surface area contributed by atoms with Gasteiger partial charge in [0.1, 0.15) is 0 Å². The molecule has 3 N–H and O–H groups in total. The highest BCUT2D eigenvalue weighted by molar-refractivity contribution is 5.91. The van der Waals surface area contributed by atoms with Crippen molar-refractivity contribution in [1.29, 1.82) is 0 Å². The number of aliphatic hydroxyl groups is 1. The van der Waals surface area contributed by atoms with Gasteiger partial charge >= 0.3 is 11.8 Å². The Bertz CT molecular complexity index is 1400. The van der Waals surface area contributed by atoms with Crippen molar-refractivity contribution in [1.82, 2.24) is 10.5 Å². The second kappa shape index (κ2) is 11.4. The number of aromatic nitrogens is 1. The van der Waals surface area contributed by atoms with E-state index in [1.807, 2.05) is 54.6 Å². The van der Waals surface area contributed by atoms with Gasteiger partial charge in [-0.05, 0) is 35.2 Å². The molecule has 192 valence electrons. The third-order valence-electron chi connectivity index (χ3n) is 5.56. The summed E-state index contributed by atoms with van der Waals surface area (Å²) in [7, 11) is 0. The second-order valence-electron chi connectivity index (χ2n) is 8.28. The SMILES string of the molecule is Cc1oc(=O)oc1COC(=O)[C@H](O)C[C@@H](Cc1ccc(-c2ccccc2)cc1)NC(=O)c1cc(O)no1. The zero-order chi connectivity index (χ0) is 26.4. The van der Waals surface area contributed by atoms with Gasteiger partial charge in [0.2, 0.25) is 5.76 Å². The van der Waals surface area contributed by atoms with Crippen molar-refractivity contribution in [3.05, 3.63) is 94.1 Å². The summed E-state index contributed by atoms with van der Waals surface area (Å²) in [4.78, 5) is 36.1. The maximum absolute atomic E-state index is 12.6. The highest BCUT2D eigenvalue weighted by Crippen LogP contribution is 2.21. The number of amides is 1. The van der Waals surface area contributed by atoms with Crippen LogP contribution in [0.2, 0.25) is 0 Å². The van der Waals surface area contributed by atoms with E-state index in [4.69, 9.17) is 18.1 Å². The fourth-order valence-electron chi connectivity index (χ4n) is 3.68. The van der Waals surface area contributed by atoms with Gasteiger partial charge in [-0.25, -0.2) is 9.59 Å². The zero-order valence-electron chi connectivity index (χ0n) is 19.7. The monoisotopic (exact) mass is 508 g/mol. The number of benzene rings is 2. The number of aliphatic hydroxyl groups excluding tert-OH is 1. The van der Waals surface area contributed by atoms with Gasteiger partial charge in [-0.1, -0.05) is 54.6 Å². The lowest BCUT2D eigenvalue weighted by molar-refractivity contribution is -0.156. The first kappa shape index (κ1) is 25.5. The summed E-state index contributed by atoms with van der Waals surface area (Å²) in [5.74, 6) is -3.09. The second-order valence-corrected chi connectivity index (χ2v) is 8.28. The van der Waals surface area contributed by atoms with Gasteiger partial charge in [0.15, 0.2) is 24.2 Å². The Labute approximate surface area is 210 Å². The summed E-state index contributed by atoms with van der Waals surface area (Å²) >= 11 is 0. The van der Waals surface area contributed by atoms with Crippen LogP contribution in [0.25, 0.3) is 11.1 Å². The molecule has 1 amide bonds. The predicted octanol–water partition coefficient (Wildman–Crippen LogP) is 2.74. The Kier molecular flexibility index (Phi) is 7.84. The molecular formula is C26H24N2O9. The first-order valence-electron chi connectivity index (χ1n) is 11.3.